The highest BCUT2D eigenvalue weighted by Gasteiger charge is 2.35. The molecule has 0 unspecified atom stereocenters. The van der Waals surface area contributed by atoms with Crippen molar-refractivity contribution in [2.75, 3.05) is 11.9 Å². The molecule has 10 nitrogen and oxygen atoms in total. The fourth-order valence-electron chi connectivity index (χ4n) is 2.59. The molecule has 154 valence electrons. The van der Waals surface area contributed by atoms with Gasteiger partial charge in [0.05, 0.1) is 14.2 Å². The van der Waals surface area contributed by atoms with E-state index >= 15 is 0 Å². The summed E-state index contributed by atoms with van der Waals surface area (Å²) in [7, 11) is 0. The minimum absolute atomic E-state index is 0.0603. The summed E-state index contributed by atoms with van der Waals surface area (Å²) in [6.45, 7) is -0.686. The second-order valence-corrected chi connectivity index (χ2v) is 7.19. The third-order valence-electron chi connectivity index (χ3n) is 4.00. The van der Waals surface area contributed by atoms with E-state index in [1.54, 1.807) is 22.6 Å². The molecule has 1 saturated heterocycles. The Balaban J connectivity index is 1.80. The number of carbonyl (C=O) groups excluding carboxylic acids is 3. The van der Waals surface area contributed by atoms with Crippen LogP contribution in [0.25, 0.3) is 6.08 Å². The molecule has 2 aromatic carbocycles. The first-order valence-corrected chi connectivity index (χ1v) is 9.31. The predicted octanol–water partition coefficient (Wildman–Crippen LogP) is 2.58. The standard InChI is InChI=1S/C18H12FIN4O6/c19-11-3-1-2-4-13(11)21-15(25)8-23-17(27)14(22-18(23)28)6-9-5-10(24(29)30)7-12(20)16(9)26/h1-7,26H,8H2,(H,21,25)(H,22,28)/b14-6+. The summed E-state index contributed by atoms with van der Waals surface area (Å²) < 4.78 is 13.8. The molecular formula is C18H12FIN4O6. The average Bonchev–Trinajstić information content (AvgIpc) is 2.94. The minimum atomic E-state index is -0.908. The number of phenolic OH excluding ortho intramolecular Hbond substituents is 1. The van der Waals surface area contributed by atoms with Gasteiger partial charge < -0.3 is 15.7 Å². The third kappa shape index (κ3) is 4.37. The number of hydrogen-bond donors (Lipinski definition) is 3. The Hall–Kier alpha value is -3.55. The Labute approximate surface area is 181 Å². The quantitative estimate of drug-likeness (QED) is 0.180. The molecular weight excluding hydrogens is 514 g/mol. The number of imide groups is 1. The molecule has 3 rings (SSSR count). The Morgan fingerprint density at radius 2 is 2.03 bits per heavy atom. The summed E-state index contributed by atoms with van der Waals surface area (Å²) in [5.41, 5.74) is -0.774. The van der Waals surface area contributed by atoms with Crippen molar-refractivity contribution in [3.63, 3.8) is 0 Å². The number of amides is 4. The highest BCUT2D eigenvalue weighted by molar-refractivity contribution is 14.1. The molecule has 0 spiro atoms. The fourth-order valence-corrected chi connectivity index (χ4v) is 3.22. The third-order valence-corrected chi connectivity index (χ3v) is 4.82. The van der Waals surface area contributed by atoms with E-state index < -0.39 is 35.1 Å². The zero-order valence-corrected chi connectivity index (χ0v) is 17.0. The lowest BCUT2D eigenvalue weighted by atomic mass is 10.1. The number of aromatic hydroxyl groups is 1. The number of para-hydroxylation sites is 1. The summed E-state index contributed by atoms with van der Waals surface area (Å²) >= 11 is 1.69. The van der Waals surface area contributed by atoms with Crippen molar-refractivity contribution in [1.82, 2.24) is 10.2 Å². The zero-order chi connectivity index (χ0) is 22.0. The molecule has 0 aliphatic carbocycles. The van der Waals surface area contributed by atoms with Gasteiger partial charge in [0.15, 0.2) is 0 Å². The van der Waals surface area contributed by atoms with E-state index in [-0.39, 0.29) is 32.0 Å². The van der Waals surface area contributed by atoms with Gasteiger partial charge in [-0.25, -0.2) is 14.1 Å². The van der Waals surface area contributed by atoms with Crippen LogP contribution in [-0.2, 0) is 9.59 Å². The largest absolute Gasteiger partial charge is 0.506 e. The molecule has 0 bridgehead atoms. The number of nitro groups is 1. The number of nitro benzene ring substituents is 1. The normalized spacial score (nSPS) is 14.7. The maximum Gasteiger partial charge on any atom is 0.329 e. The predicted molar refractivity (Wildman–Crippen MR) is 111 cm³/mol. The number of non-ortho nitro benzene ring substituents is 1. The van der Waals surface area contributed by atoms with E-state index in [9.17, 15) is 34.0 Å². The molecule has 1 heterocycles. The second-order valence-electron chi connectivity index (χ2n) is 6.03. The number of nitrogens with zero attached hydrogens (tertiary/aromatic N) is 2. The molecule has 12 heteroatoms. The first-order chi connectivity index (χ1) is 14.2. The van der Waals surface area contributed by atoms with Crippen LogP contribution in [0.2, 0.25) is 0 Å². The maximum atomic E-state index is 13.6. The van der Waals surface area contributed by atoms with E-state index in [0.29, 0.717) is 4.90 Å². The van der Waals surface area contributed by atoms with Gasteiger partial charge in [0.25, 0.3) is 11.6 Å². The average molecular weight is 526 g/mol. The highest BCUT2D eigenvalue weighted by Crippen LogP contribution is 2.31. The summed E-state index contributed by atoms with van der Waals surface area (Å²) in [5, 5.41) is 25.6. The van der Waals surface area contributed by atoms with Gasteiger partial charge in [0.2, 0.25) is 5.91 Å². The molecule has 4 amide bonds. The smallest absolute Gasteiger partial charge is 0.329 e. The lowest BCUT2D eigenvalue weighted by Crippen LogP contribution is -2.38. The van der Waals surface area contributed by atoms with E-state index in [0.717, 1.165) is 24.3 Å². The van der Waals surface area contributed by atoms with E-state index in [2.05, 4.69) is 10.6 Å². The molecule has 0 aromatic heterocycles. The first-order valence-electron chi connectivity index (χ1n) is 8.23. The number of rotatable bonds is 5. The van der Waals surface area contributed by atoms with E-state index in [1.807, 2.05) is 0 Å². The van der Waals surface area contributed by atoms with Crippen LogP contribution < -0.4 is 10.6 Å². The van der Waals surface area contributed by atoms with Crippen molar-refractivity contribution in [2.45, 2.75) is 0 Å². The fraction of sp³-hybridized carbons (Fsp3) is 0.0556. The lowest BCUT2D eigenvalue weighted by Gasteiger charge is -2.12. The van der Waals surface area contributed by atoms with Gasteiger partial charge in [0.1, 0.15) is 23.8 Å². The van der Waals surface area contributed by atoms with Crippen molar-refractivity contribution in [2.24, 2.45) is 0 Å². The molecule has 30 heavy (non-hydrogen) atoms. The van der Waals surface area contributed by atoms with Crippen LogP contribution in [0.1, 0.15) is 5.56 Å². The van der Waals surface area contributed by atoms with Gasteiger partial charge in [-0.2, -0.15) is 0 Å². The minimum Gasteiger partial charge on any atom is -0.506 e. The molecule has 3 N–H and O–H groups in total. The molecule has 1 aliphatic heterocycles. The van der Waals surface area contributed by atoms with Crippen LogP contribution in [0, 0.1) is 19.5 Å². The molecule has 1 fully saturated rings. The van der Waals surface area contributed by atoms with Crippen LogP contribution in [0.3, 0.4) is 0 Å². The van der Waals surface area contributed by atoms with Gasteiger partial charge >= 0.3 is 6.03 Å². The molecule has 0 saturated carbocycles. The van der Waals surface area contributed by atoms with Crippen molar-refractivity contribution < 1.29 is 28.8 Å². The summed E-state index contributed by atoms with van der Waals surface area (Å²) in [4.78, 5) is 47.6. The Morgan fingerprint density at radius 3 is 2.70 bits per heavy atom. The molecule has 0 radical (unpaired) electrons. The van der Waals surface area contributed by atoms with Gasteiger partial charge in [0, 0.05) is 17.7 Å². The summed E-state index contributed by atoms with van der Waals surface area (Å²) in [6, 6.07) is 6.66. The number of anilines is 1. The second kappa shape index (κ2) is 8.44. The zero-order valence-electron chi connectivity index (χ0n) is 14.9. The van der Waals surface area contributed by atoms with Crippen molar-refractivity contribution in [3.8, 4) is 5.75 Å². The van der Waals surface area contributed by atoms with Crippen molar-refractivity contribution >= 4 is 57.9 Å². The highest BCUT2D eigenvalue weighted by atomic mass is 127. The Bertz CT molecular complexity index is 1120. The number of hydrogen-bond acceptors (Lipinski definition) is 6. The van der Waals surface area contributed by atoms with Gasteiger partial charge in [-0.05, 0) is 40.8 Å². The van der Waals surface area contributed by atoms with Crippen LogP contribution in [0.4, 0.5) is 20.6 Å². The monoisotopic (exact) mass is 526 g/mol. The number of benzene rings is 2. The van der Waals surface area contributed by atoms with Gasteiger partial charge in [-0.1, -0.05) is 12.1 Å². The van der Waals surface area contributed by atoms with Crippen molar-refractivity contribution in [3.05, 3.63) is 67.2 Å². The van der Waals surface area contributed by atoms with E-state index in [4.69, 9.17) is 0 Å². The van der Waals surface area contributed by atoms with Crippen LogP contribution in [0.5, 0.6) is 5.75 Å². The van der Waals surface area contributed by atoms with Gasteiger partial charge in [-0.15, -0.1) is 0 Å². The van der Waals surface area contributed by atoms with Crippen LogP contribution in [-0.4, -0.2) is 39.3 Å². The number of carbonyl (C=O) groups is 3. The first kappa shape index (κ1) is 21.2. The maximum absolute atomic E-state index is 13.6. The number of nitrogens with one attached hydrogen (secondary N) is 2. The number of phenols is 1. The number of halogens is 2. The molecule has 0 atom stereocenters. The number of urea groups is 1. The molecule has 2 aromatic rings. The Morgan fingerprint density at radius 1 is 1.33 bits per heavy atom. The Kier molecular flexibility index (Phi) is 5.96. The SMILES string of the molecule is O=C(CN1C(=O)N/C(=C/c2cc([N+](=O)[O-])cc(I)c2O)C1=O)Nc1ccccc1F. The van der Waals surface area contributed by atoms with Crippen molar-refractivity contribution in [1.29, 1.82) is 0 Å². The topological polar surface area (TPSA) is 142 Å². The summed E-state index contributed by atoms with van der Waals surface area (Å²) in [6.07, 6.45) is 1.07. The van der Waals surface area contributed by atoms with Gasteiger partial charge in [-0.3, -0.25) is 19.7 Å². The van der Waals surface area contributed by atoms with E-state index in [1.165, 1.54) is 18.2 Å². The molecule has 1 aliphatic rings. The van der Waals surface area contributed by atoms with Crippen LogP contribution in [0.15, 0.2) is 42.1 Å². The van der Waals surface area contributed by atoms with Crippen LogP contribution >= 0.6 is 22.6 Å². The lowest BCUT2D eigenvalue weighted by molar-refractivity contribution is -0.385. The summed E-state index contributed by atoms with van der Waals surface area (Å²) in [5.74, 6) is -2.69.